The van der Waals surface area contributed by atoms with E-state index in [4.69, 9.17) is 26.2 Å². The number of carboxylic acids is 1. The van der Waals surface area contributed by atoms with Crippen LogP contribution in [0.1, 0.15) is 64.4 Å². The molecule has 13 heteroatoms. The molecule has 2 amide bonds. The number of carbonyl (C=O) groups excluding carboxylic acids is 2. The summed E-state index contributed by atoms with van der Waals surface area (Å²) in [7, 11) is 0. The first-order valence-corrected chi connectivity index (χ1v) is 14.5. The minimum absolute atomic E-state index is 0.182. The van der Waals surface area contributed by atoms with Crippen LogP contribution in [0.5, 0.6) is 5.75 Å². The average Bonchev–Trinajstić information content (AvgIpc) is 3.26. The number of aromatic nitrogens is 2. The fourth-order valence-electron chi connectivity index (χ4n) is 4.68. The summed E-state index contributed by atoms with van der Waals surface area (Å²) in [4.78, 5) is 53.1. The molecule has 4 rings (SSSR count). The largest absolute Gasteiger partial charge is 0.494 e. The van der Waals surface area contributed by atoms with Crippen molar-refractivity contribution in [1.82, 2.24) is 14.9 Å². The minimum atomic E-state index is -0.777. The van der Waals surface area contributed by atoms with Crippen molar-refractivity contribution in [3.8, 4) is 5.75 Å². The molecule has 3 heterocycles. The molecule has 2 aliphatic heterocycles. The minimum Gasteiger partial charge on any atom is -0.494 e. The van der Waals surface area contributed by atoms with E-state index >= 15 is 0 Å². The van der Waals surface area contributed by atoms with E-state index in [0.717, 1.165) is 19.3 Å². The number of unbranched alkanes of at least 4 members (excludes halogenated alkanes) is 3. The van der Waals surface area contributed by atoms with E-state index in [1.54, 1.807) is 29.3 Å². The predicted octanol–water partition coefficient (Wildman–Crippen LogP) is 5.04. The number of amides is 2. The molecule has 1 atom stereocenters. The Morgan fingerprint density at radius 1 is 1.14 bits per heavy atom. The Bertz CT molecular complexity index is 1320. The Kier molecular flexibility index (Phi) is 10.2. The number of nitrogens with one attached hydrogen (secondary N) is 1. The lowest BCUT2D eigenvalue weighted by Gasteiger charge is -2.36. The van der Waals surface area contributed by atoms with Crippen LogP contribution in [0.2, 0.25) is 5.02 Å². The number of aliphatic imine (C=N–C) groups is 1. The highest BCUT2D eigenvalue weighted by Crippen LogP contribution is 2.37. The number of hydrogen-bond donors (Lipinski definition) is 2. The lowest BCUT2D eigenvalue weighted by Crippen LogP contribution is -2.50. The quantitative estimate of drug-likeness (QED) is 0.267. The number of halogens is 1. The Balaban J connectivity index is 1.40. The molecular formula is C29H37ClN6O6. The fraction of sp³-hybridized carbons (Fsp3) is 0.517. The van der Waals surface area contributed by atoms with Gasteiger partial charge in [-0.15, -0.1) is 0 Å². The highest BCUT2D eigenvalue weighted by molar-refractivity contribution is 6.33. The van der Waals surface area contributed by atoms with Crippen LogP contribution in [0.15, 0.2) is 29.5 Å². The fourth-order valence-corrected chi connectivity index (χ4v) is 4.84. The first-order valence-electron chi connectivity index (χ1n) is 14.1. The molecule has 0 aliphatic carbocycles. The molecule has 12 nitrogen and oxygen atoms in total. The van der Waals surface area contributed by atoms with Crippen LogP contribution in [0, 0.1) is 0 Å². The second-order valence-electron chi connectivity index (χ2n) is 11.2. The molecular weight excluding hydrogens is 564 g/mol. The Morgan fingerprint density at radius 2 is 1.88 bits per heavy atom. The van der Waals surface area contributed by atoms with E-state index in [-0.39, 0.29) is 18.4 Å². The molecule has 1 saturated heterocycles. The van der Waals surface area contributed by atoms with E-state index in [2.05, 4.69) is 20.3 Å². The first kappa shape index (κ1) is 31.0. The van der Waals surface area contributed by atoms with Crippen molar-refractivity contribution in [3.63, 3.8) is 0 Å². The molecule has 2 aromatic rings. The normalized spacial score (nSPS) is 16.9. The van der Waals surface area contributed by atoms with Crippen molar-refractivity contribution >= 4 is 53.1 Å². The van der Waals surface area contributed by atoms with Gasteiger partial charge in [0.2, 0.25) is 5.91 Å². The molecule has 2 aliphatic rings. The lowest BCUT2D eigenvalue weighted by atomic mass is 10.0. The van der Waals surface area contributed by atoms with E-state index in [0.29, 0.717) is 72.9 Å². The summed E-state index contributed by atoms with van der Waals surface area (Å²) in [6.45, 7) is 7.95. The number of ether oxygens (including phenoxy) is 2. The van der Waals surface area contributed by atoms with Gasteiger partial charge in [-0.25, -0.2) is 14.8 Å². The van der Waals surface area contributed by atoms with E-state index in [1.807, 2.05) is 25.7 Å². The molecule has 226 valence electrons. The van der Waals surface area contributed by atoms with Gasteiger partial charge in [0.25, 0.3) is 0 Å². The van der Waals surface area contributed by atoms with Gasteiger partial charge < -0.3 is 29.7 Å². The molecule has 0 radical (unpaired) electrons. The van der Waals surface area contributed by atoms with Gasteiger partial charge in [-0.2, -0.15) is 0 Å². The highest BCUT2D eigenvalue weighted by Gasteiger charge is 2.36. The van der Waals surface area contributed by atoms with Gasteiger partial charge >= 0.3 is 12.1 Å². The molecule has 1 aromatic carbocycles. The number of carbonyl (C=O) groups is 3. The summed E-state index contributed by atoms with van der Waals surface area (Å²) in [6, 6.07) is 5.17. The molecule has 0 bridgehead atoms. The Labute approximate surface area is 250 Å². The van der Waals surface area contributed by atoms with Crippen LogP contribution >= 0.6 is 11.6 Å². The maximum Gasteiger partial charge on any atom is 0.410 e. The van der Waals surface area contributed by atoms with Gasteiger partial charge in [-0.1, -0.05) is 24.4 Å². The third-order valence-corrected chi connectivity index (χ3v) is 7.08. The first-order chi connectivity index (χ1) is 20.0. The van der Waals surface area contributed by atoms with Crippen LogP contribution in [0.4, 0.5) is 22.1 Å². The number of fused-ring (bicyclic) bond motifs is 1. The summed E-state index contributed by atoms with van der Waals surface area (Å²) in [5.41, 5.74) is 0.518. The number of benzene rings is 1. The summed E-state index contributed by atoms with van der Waals surface area (Å²) in [5, 5.41) is 11.9. The van der Waals surface area contributed by atoms with Crippen LogP contribution in [-0.4, -0.2) is 82.5 Å². The molecule has 1 unspecified atom stereocenters. The van der Waals surface area contributed by atoms with Crippen LogP contribution in [-0.2, 0) is 14.3 Å². The Hall–Kier alpha value is -3.93. The standard InChI is InChI=1S/C29H37ClN6O6/c1-29(2,3)42-28(40)36-13-11-35(12-14-36)26-24-20(27(39)34-25(24)32-18-33-26)17-31-22-16-19(9-10-21(22)30)41-15-7-5-4-6-8-23(37)38/h9-10,16-18,20H,4-8,11-15H2,1-3H3,(H,37,38)(H,32,33,34,39). The van der Waals surface area contributed by atoms with Gasteiger partial charge in [0.1, 0.15) is 35.2 Å². The maximum absolute atomic E-state index is 13.0. The summed E-state index contributed by atoms with van der Waals surface area (Å²) in [5.74, 6) is -0.130. The lowest BCUT2D eigenvalue weighted by molar-refractivity contribution is -0.137. The molecule has 2 N–H and O–H groups in total. The predicted molar refractivity (Wildman–Crippen MR) is 159 cm³/mol. The highest BCUT2D eigenvalue weighted by atomic mass is 35.5. The SMILES string of the molecule is CC(C)(C)OC(=O)N1CCN(c2ncnc3c2C(C=Nc2cc(OCCCCCCC(=O)O)ccc2Cl)C(=O)N3)CC1. The number of hydrogen-bond acceptors (Lipinski definition) is 9. The number of rotatable bonds is 11. The third-order valence-electron chi connectivity index (χ3n) is 6.76. The third kappa shape index (κ3) is 8.31. The van der Waals surface area contributed by atoms with Crippen molar-refractivity contribution in [2.45, 2.75) is 64.4 Å². The zero-order chi connectivity index (χ0) is 30.3. The van der Waals surface area contributed by atoms with Gasteiger partial charge in [0.15, 0.2) is 0 Å². The van der Waals surface area contributed by atoms with Crippen molar-refractivity contribution in [2.75, 3.05) is 43.0 Å². The van der Waals surface area contributed by atoms with Crippen molar-refractivity contribution in [1.29, 1.82) is 0 Å². The van der Waals surface area contributed by atoms with Crippen LogP contribution < -0.4 is 15.0 Å². The van der Waals surface area contributed by atoms with Crippen LogP contribution in [0.3, 0.4) is 0 Å². The second kappa shape index (κ2) is 13.8. The zero-order valence-electron chi connectivity index (χ0n) is 24.1. The van der Waals surface area contributed by atoms with E-state index in [1.165, 1.54) is 6.33 Å². The number of nitrogens with zero attached hydrogens (tertiary/aromatic N) is 5. The number of carboxylic acid groups (broad SMARTS) is 1. The molecule has 1 fully saturated rings. The van der Waals surface area contributed by atoms with Gasteiger partial charge in [-0.05, 0) is 45.7 Å². The van der Waals surface area contributed by atoms with Crippen molar-refractivity contribution in [3.05, 3.63) is 35.1 Å². The second-order valence-corrected chi connectivity index (χ2v) is 11.6. The van der Waals surface area contributed by atoms with Gasteiger partial charge in [0, 0.05) is 44.9 Å². The van der Waals surface area contributed by atoms with Crippen molar-refractivity contribution < 1.29 is 29.0 Å². The summed E-state index contributed by atoms with van der Waals surface area (Å²) >= 11 is 6.40. The molecule has 1 aromatic heterocycles. The van der Waals surface area contributed by atoms with E-state index < -0.39 is 17.5 Å². The zero-order valence-corrected chi connectivity index (χ0v) is 24.9. The number of piperazine rings is 1. The van der Waals surface area contributed by atoms with Gasteiger partial charge in [-0.3, -0.25) is 14.6 Å². The number of anilines is 2. The van der Waals surface area contributed by atoms with Crippen molar-refractivity contribution in [2.24, 2.45) is 4.99 Å². The van der Waals surface area contributed by atoms with Crippen LogP contribution in [0.25, 0.3) is 0 Å². The summed E-state index contributed by atoms with van der Waals surface area (Å²) in [6.07, 6.45) is 5.95. The van der Waals surface area contributed by atoms with Gasteiger partial charge in [0.05, 0.1) is 22.9 Å². The summed E-state index contributed by atoms with van der Waals surface area (Å²) < 4.78 is 11.3. The van der Waals surface area contributed by atoms with E-state index in [9.17, 15) is 14.4 Å². The average molecular weight is 601 g/mol. The molecule has 0 saturated carbocycles. The Morgan fingerprint density at radius 3 is 2.60 bits per heavy atom. The molecule has 0 spiro atoms. The maximum atomic E-state index is 13.0. The topological polar surface area (TPSA) is 147 Å². The number of aliphatic carboxylic acids is 1. The smallest absolute Gasteiger partial charge is 0.410 e. The molecule has 42 heavy (non-hydrogen) atoms. The monoisotopic (exact) mass is 600 g/mol.